The lowest BCUT2D eigenvalue weighted by Gasteiger charge is -2.19. The van der Waals surface area contributed by atoms with Gasteiger partial charge in [0.25, 0.3) is 0 Å². The zero-order valence-corrected chi connectivity index (χ0v) is 11.9. The first-order valence-electron chi connectivity index (χ1n) is 6.87. The molecule has 0 radical (unpaired) electrons. The standard InChI is InChI=1S/C15H24N2O3/c1-20-9-5-8-14(16)15(19)17-13(11-18)10-12-6-3-2-4-7-12/h2-4,6-7,13-14,18H,5,8-11,16H2,1H3,(H,17,19)/t13-,14?/m1/s1. The van der Waals surface area contributed by atoms with Gasteiger partial charge in [-0.05, 0) is 24.8 Å². The molecule has 0 heterocycles. The zero-order chi connectivity index (χ0) is 14.8. The van der Waals surface area contributed by atoms with Gasteiger partial charge < -0.3 is 20.9 Å². The molecule has 0 bridgehead atoms. The number of carbonyl (C=O) groups is 1. The van der Waals surface area contributed by atoms with Crippen molar-refractivity contribution < 1.29 is 14.6 Å². The molecule has 0 aliphatic carbocycles. The predicted molar refractivity (Wildman–Crippen MR) is 78.2 cm³/mol. The molecule has 0 saturated carbocycles. The maximum absolute atomic E-state index is 11.9. The van der Waals surface area contributed by atoms with E-state index >= 15 is 0 Å². The van der Waals surface area contributed by atoms with Gasteiger partial charge in [0.1, 0.15) is 0 Å². The second-order valence-electron chi connectivity index (χ2n) is 4.82. The van der Waals surface area contributed by atoms with E-state index in [-0.39, 0.29) is 18.6 Å². The highest BCUT2D eigenvalue weighted by Gasteiger charge is 2.17. The van der Waals surface area contributed by atoms with Gasteiger partial charge >= 0.3 is 0 Å². The molecule has 0 aliphatic rings. The minimum Gasteiger partial charge on any atom is -0.394 e. The Morgan fingerprint density at radius 2 is 2.10 bits per heavy atom. The van der Waals surface area contributed by atoms with Crippen LogP contribution < -0.4 is 11.1 Å². The van der Waals surface area contributed by atoms with Crippen LogP contribution in [-0.4, -0.2) is 43.4 Å². The second-order valence-corrected chi connectivity index (χ2v) is 4.82. The number of rotatable bonds is 9. The number of aliphatic hydroxyl groups is 1. The summed E-state index contributed by atoms with van der Waals surface area (Å²) in [5.74, 6) is -0.226. The van der Waals surface area contributed by atoms with E-state index in [4.69, 9.17) is 10.5 Å². The molecule has 0 aliphatic heterocycles. The highest BCUT2D eigenvalue weighted by Crippen LogP contribution is 2.04. The molecule has 1 unspecified atom stereocenters. The summed E-state index contributed by atoms with van der Waals surface area (Å²) in [4.78, 5) is 11.9. The minimum absolute atomic E-state index is 0.106. The van der Waals surface area contributed by atoms with Crippen LogP contribution in [0.4, 0.5) is 0 Å². The van der Waals surface area contributed by atoms with Gasteiger partial charge in [-0.3, -0.25) is 4.79 Å². The van der Waals surface area contributed by atoms with Crippen LogP contribution in [0, 0.1) is 0 Å². The molecule has 0 saturated heterocycles. The normalized spacial score (nSPS) is 13.8. The Morgan fingerprint density at radius 3 is 2.70 bits per heavy atom. The van der Waals surface area contributed by atoms with Crippen LogP contribution >= 0.6 is 0 Å². The lowest BCUT2D eigenvalue weighted by Crippen LogP contribution is -2.47. The first-order valence-corrected chi connectivity index (χ1v) is 6.87. The average molecular weight is 280 g/mol. The highest BCUT2D eigenvalue weighted by molar-refractivity contribution is 5.81. The van der Waals surface area contributed by atoms with Crippen LogP contribution in [0.1, 0.15) is 18.4 Å². The Kier molecular flexibility index (Phi) is 7.87. The molecule has 4 N–H and O–H groups in total. The summed E-state index contributed by atoms with van der Waals surface area (Å²) >= 11 is 0. The fourth-order valence-corrected chi connectivity index (χ4v) is 1.95. The summed E-state index contributed by atoms with van der Waals surface area (Å²) in [6.07, 6.45) is 1.91. The molecular weight excluding hydrogens is 256 g/mol. The smallest absolute Gasteiger partial charge is 0.237 e. The third-order valence-corrected chi connectivity index (χ3v) is 3.09. The summed E-state index contributed by atoms with van der Waals surface area (Å²) in [6.45, 7) is 0.486. The molecule has 2 atom stereocenters. The third-order valence-electron chi connectivity index (χ3n) is 3.09. The van der Waals surface area contributed by atoms with E-state index in [9.17, 15) is 9.90 Å². The van der Waals surface area contributed by atoms with Crippen LogP contribution in [0.25, 0.3) is 0 Å². The monoisotopic (exact) mass is 280 g/mol. The summed E-state index contributed by atoms with van der Waals surface area (Å²) in [5, 5.41) is 12.1. The Labute approximate surface area is 120 Å². The van der Waals surface area contributed by atoms with Crippen molar-refractivity contribution in [2.24, 2.45) is 5.73 Å². The van der Waals surface area contributed by atoms with E-state index in [0.717, 1.165) is 12.0 Å². The van der Waals surface area contributed by atoms with E-state index in [1.54, 1.807) is 7.11 Å². The number of hydrogen-bond acceptors (Lipinski definition) is 4. The number of benzene rings is 1. The van der Waals surface area contributed by atoms with Gasteiger partial charge in [-0.15, -0.1) is 0 Å². The van der Waals surface area contributed by atoms with Gasteiger partial charge in [-0.2, -0.15) is 0 Å². The van der Waals surface area contributed by atoms with Gasteiger partial charge in [-0.25, -0.2) is 0 Å². The minimum atomic E-state index is -0.560. The summed E-state index contributed by atoms with van der Waals surface area (Å²) in [7, 11) is 1.62. The molecule has 0 aromatic heterocycles. The van der Waals surface area contributed by atoms with Crippen LogP contribution in [-0.2, 0) is 16.0 Å². The molecule has 5 nitrogen and oxygen atoms in total. The number of nitrogens with two attached hydrogens (primary N) is 1. The van der Waals surface area contributed by atoms with Crippen LogP contribution in [0.5, 0.6) is 0 Å². The maximum Gasteiger partial charge on any atom is 0.237 e. The fraction of sp³-hybridized carbons (Fsp3) is 0.533. The maximum atomic E-state index is 11.9. The Balaban J connectivity index is 2.41. The van der Waals surface area contributed by atoms with Crippen molar-refractivity contribution in [3.63, 3.8) is 0 Å². The van der Waals surface area contributed by atoms with E-state index in [2.05, 4.69) is 5.32 Å². The van der Waals surface area contributed by atoms with Crippen LogP contribution in [0.15, 0.2) is 30.3 Å². The largest absolute Gasteiger partial charge is 0.394 e. The Morgan fingerprint density at radius 1 is 1.40 bits per heavy atom. The predicted octanol–water partition coefficient (Wildman–Crippen LogP) is 0.460. The van der Waals surface area contributed by atoms with Crippen molar-refractivity contribution >= 4 is 5.91 Å². The zero-order valence-electron chi connectivity index (χ0n) is 11.9. The van der Waals surface area contributed by atoms with E-state index < -0.39 is 6.04 Å². The number of methoxy groups -OCH3 is 1. The number of amides is 1. The fourth-order valence-electron chi connectivity index (χ4n) is 1.95. The first-order chi connectivity index (χ1) is 9.67. The van der Waals surface area contributed by atoms with Crippen LogP contribution in [0.2, 0.25) is 0 Å². The third kappa shape index (κ3) is 6.14. The Bertz CT molecular complexity index is 384. The van der Waals surface area contributed by atoms with Crippen molar-refractivity contribution in [1.82, 2.24) is 5.32 Å². The molecule has 20 heavy (non-hydrogen) atoms. The van der Waals surface area contributed by atoms with E-state index in [1.807, 2.05) is 30.3 Å². The first kappa shape index (κ1) is 16.6. The lowest BCUT2D eigenvalue weighted by molar-refractivity contribution is -0.123. The molecule has 1 aromatic carbocycles. The van der Waals surface area contributed by atoms with E-state index in [1.165, 1.54) is 0 Å². The molecule has 0 fully saturated rings. The molecule has 1 aromatic rings. The Hall–Kier alpha value is -1.43. The number of aliphatic hydroxyl groups excluding tert-OH is 1. The number of nitrogens with one attached hydrogen (secondary N) is 1. The van der Waals surface area contributed by atoms with Gasteiger partial charge in [0.2, 0.25) is 5.91 Å². The SMILES string of the molecule is COCCCC(N)C(=O)N[C@@H](CO)Cc1ccccc1. The molecule has 5 heteroatoms. The quantitative estimate of drug-likeness (QED) is 0.574. The molecule has 112 valence electrons. The number of ether oxygens (including phenoxy) is 1. The van der Waals surface area contributed by atoms with Crippen molar-refractivity contribution in [3.8, 4) is 0 Å². The van der Waals surface area contributed by atoms with Gasteiger partial charge in [0.15, 0.2) is 0 Å². The van der Waals surface area contributed by atoms with Gasteiger partial charge in [0, 0.05) is 13.7 Å². The highest BCUT2D eigenvalue weighted by atomic mass is 16.5. The lowest BCUT2D eigenvalue weighted by atomic mass is 10.1. The molecular formula is C15H24N2O3. The second kappa shape index (κ2) is 9.47. The molecule has 0 spiro atoms. The van der Waals surface area contributed by atoms with Crippen molar-refractivity contribution in [2.45, 2.75) is 31.3 Å². The van der Waals surface area contributed by atoms with Gasteiger partial charge in [0.05, 0.1) is 18.7 Å². The number of hydrogen-bond donors (Lipinski definition) is 3. The topological polar surface area (TPSA) is 84.6 Å². The average Bonchev–Trinajstić information content (AvgIpc) is 2.47. The molecule has 1 amide bonds. The number of carbonyl (C=O) groups excluding carboxylic acids is 1. The van der Waals surface area contributed by atoms with Crippen molar-refractivity contribution in [1.29, 1.82) is 0 Å². The van der Waals surface area contributed by atoms with E-state index in [0.29, 0.717) is 19.4 Å². The summed E-state index contributed by atoms with van der Waals surface area (Å²) < 4.78 is 4.93. The summed E-state index contributed by atoms with van der Waals surface area (Å²) in [5.41, 5.74) is 6.87. The van der Waals surface area contributed by atoms with Crippen molar-refractivity contribution in [3.05, 3.63) is 35.9 Å². The van der Waals surface area contributed by atoms with Gasteiger partial charge in [-0.1, -0.05) is 30.3 Å². The molecule has 1 rings (SSSR count). The van der Waals surface area contributed by atoms with Crippen molar-refractivity contribution in [2.75, 3.05) is 20.3 Å². The summed E-state index contributed by atoms with van der Waals surface area (Å²) in [6, 6.07) is 8.86. The van der Waals surface area contributed by atoms with Crippen LogP contribution in [0.3, 0.4) is 0 Å².